The molecule has 0 aromatic heterocycles. The predicted molar refractivity (Wildman–Crippen MR) is 145 cm³/mol. The third-order valence-electron chi connectivity index (χ3n) is 7.95. The van der Waals surface area contributed by atoms with Crippen LogP contribution in [0.25, 0.3) is 0 Å². The SMILES string of the molecule is CCCCOc1ccc2c(c1)CC[C@H](c1ccccc1)[C@@H]2c1ccc(OCCC2CCC(=O)C2)cc1. The van der Waals surface area contributed by atoms with Crippen LogP contribution in [-0.2, 0) is 11.2 Å². The van der Waals surface area contributed by atoms with Gasteiger partial charge in [-0.1, -0.05) is 61.9 Å². The molecule has 188 valence electrons. The quantitative estimate of drug-likeness (QED) is 0.276. The molecule has 1 unspecified atom stereocenters. The Balaban J connectivity index is 1.35. The molecule has 2 aliphatic carbocycles. The fourth-order valence-corrected chi connectivity index (χ4v) is 5.94. The molecular formula is C33H38O3. The van der Waals surface area contributed by atoms with Gasteiger partial charge in [-0.3, -0.25) is 4.79 Å². The van der Waals surface area contributed by atoms with Gasteiger partial charge >= 0.3 is 0 Å². The monoisotopic (exact) mass is 482 g/mol. The van der Waals surface area contributed by atoms with Crippen LogP contribution in [0.15, 0.2) is 72.8 Å². The van der Waals surface area contributed by atoms with Gasteiger partial charge in [0.05, 0.1) is 13.2 Å². The number of fused-ring (bicyclic) bond motifs is 1. The molecule has 3 heteroatoms. The van der Waals surface area contributed by atoms with Gasteiger partial charge in [-0.2, -0.15) is 0 Å². The highest BCUT2D eigenvalue weighted by molar-refractivity contribution is 5.80. The summed E-state index contributed by atoms with van der Waals surface area (Å²) in [7, 11) is 0. The van der Waals surface area contributed by atoms with Crippen LogP contribution in [0.2, 0.25) is 0 Å². The number of Topliss-reactive ketones (excluding diaryl/α,β-unsaturated/α-hetero) is 1. The minimum Gasteiger partial charge on any atom is -0.494 e. The highest BCUT2D eigenvalue weighted by atomic mass is 16.5. The van der Waals surface area contributed by atoms with Crippen LogP contribution in [0.3, 0.4) is 0 Å². The maximum atomic E-state index is 11.5. The van der Waals surface area contributed by atoms with Crippen LogP contribution in [-0.4, -0.2) is 19.0 Å². The molecule has 0 saturated heterocycles. The zero-order valence-corrected chi connectivity index (χ0v) is 21.5. The molecule has 0 aliphatic heterocycles. The molecule has 2 aliphatic rings. The van der Waals surface area contributed by atoms with Crippen molar-refractivity contribution in [3.05, 3.63) is 95.1 Å². The lowest BCUT2D eigenvalue weighted by Crippen LogP contribution is -2.20. The number of carbonyl (C=O) groups is 1. The molecule has 3 atom stereocenters. The van der Waals surface area contributed by atoms with Crippen molar-refractivity contribution in [1.82, 2.24) is 0 Å². The number of benzene rings is 3. The molecule has 1 fully saturated rings. The lowest BCUT2D eigenvalue weighted by molar-refractivity contribution is -0.117. The zero-order chi connectivity index (χ0) is 24.7. The second-order valence-electron chi connectivity index (χ2n) is 10.4. The minimum absolute atomic E-state index is 0.305. The van der Waals surface area contributed by atoms with Crippen LogP contribution in [0.5, 0.6) is 11.5 Å². The maximum Gasteiger partial charge on any atom is 0.133 e. The van der Waals surface area contributed by atoms with E-state index in [1.807, 2.05) is 0 Å². The van der Waals surface area contributed by atoms with E-state index in [1.165, 1.54) is 22.3 Å². The van der Waals surface area contributed by atoms with Gasteiger partial charge in [0.15, 0.2) is 0 Å². The predicted octanol–water partition coefficient (Wildman–Crippen LogP) is 7.87. The van der Waals surface area contributed by atoms with Crippen LogP contribution in [0.4, 0.5) is 0 Å². The second-order valence-corrected chi connectivity index (χ2v) is 10.4. The molecule has 0 heterocycles. The molecule has 3 aromatic rings. The molecular weight excluding hydrogens is 444 g/mol. The zero-order valence-electron chi connectivity index (χ0n) is 21.5. The van der Waals surface area contributed by atoms with E-state index in [2.05, 4.69) is 79.7 Å². The summed E-state index contributed by atoms with van der Waals surface area (Å²) in [5, 5.41) is 0. The topological polar surface area (TPSA) is 35.5 Å². The maximum absolute atomic E-state index is 11.5. The molecule has 36 heavy (non-hydrogen) atoms. The standard InChI is InChI=1S/C33H38O3/c1-2-3-20-35-30-16-18-32-27(23-30)12-17-31(25-7-5-4-6-8-25)33(32)26-10-14-29(15-11-26)36-21-19-24-9-13-28(34)22-24/h4-8,10-11,14-16,18,23-24,31,33H,2-3,9,12-13,17,19-22H2,1H3/t24?,31-,33+/m1/s1. The van der Waals surface area contributed by atoms with Crippen molar-refractivity contribution >= 4 is 5.78 Å². The van der Waals surface area contributed by atoms with Crippen molar-refractivity contribution in [2.75, 3.05) is 13.2 Å². The van der Waals surface area contributed by atoms with Crippen molar-refractivity contribution in [2.24, 2.45) is 5.92 Å². The number of hydrogen-bond donors (Lipinski definition) is 0. The van der Waals surface area contributed by atoms with Gasteiger partial charge in [0.1, 0.15) is 17.3 Å². The van der Waals surface area contributed by atoms with E-state index in [9.17, 15) is 4.79 Å². The van der Waals surface area contributed by atoms with E-state index in [0.29, 0.717) is 30.1 Å². The van der Waals surface area contributed by atoms with Crippen LogP contribution < -0.4 is 9.47 Å². The summed E-state index contributed by atoms with van der Waals surface area (Å²) >= 11 is 0. The van der Waals surface area contributed by atoms with Crippen molar-refractivity contribution < 1.29 is 14.3 Å². The molecule has 3 nitrogen and oxygen atoms in total. The van der Waals surface area contributed by atoms with Gasteiger partial charge in [0, 0.05) is 18.8 Å². The summed E-state index contributed by atoms with van der Waals surface area (Å²) in [6, 6.07) is 26.4. The summed E-state index contributed by atoms with van der Waals surface area (Å²) in [5.41, 5.74) is 5.56. The van der Waals surface area contributed by atoms with Gasteiger partial charge in [-0.25, -0.2) is 0 Å². The second kappa shape index (κ2) is 11.8. The smallest absolute Gasteiger partial charge is 0.133 e. The van der Waals surface area contributed by atoms with Crippen LogP contribution in [0.1, 0.15) is 86.0 Å². The Labute approximate surface area is 215 Å². The third kappa shape index (κ3) is 5.83. The van der Waals surface area contributed by atoms with Crippen molar-refractivity contribution in [2.45, 2.75) is 70.1 Å². The Morgan fingerprint density at radius 3 is 2.33 bits per heavy atom. The van der Waals surface area contributed by atoms with Gasteiger partial charge in [-0.15, -0.1) is 0 Å². The largest absolute Gasteiger partial charge is 0.494 e. The summed E-state index contributed by atoms with van der Waals surface area (Å²) in [4.78, 5) is 11.5. The Hall–Kier alpha value is -3.07. The van der Waals surface area contributed by atoms with Crippen molar-refractivity contribution in [3.63, 3.8) is 0 Å². The average Bonchev–Trinajstić information content (AvgIpc) is 3.34. The summed E-state index contributed by atoms with van der Waals surface area (Å²) < 4.78 is 12.1. The number of unbranched alkanes of at least 4 members (excludes halogenated alkanes) is 1. The number of rotatable bonds is 10. The molecule has 0 N–H and O–H groups in total. The van der Waals surface area contributed by atoms with Gasteiger partial charge in [0.2, 0.25) is 0 Å². The highest BCUT2D eigenvalue weighted by Gasteiger charge is 2.32. The first-order valence-electron chi connectivity index (χ1n) is 13.8. The Bertz CT molecular complexity index is 1140. The Morgan fingerprint density at radius 1 is 0.806 bits per heavy atom. The molecule has 0 bridgehead atoms. The van der Waals surface area contributed by atoms with Crippen LogP contribution >= 0.6 is 0 Å². The first-order chi connectivity index (χ1) is 17.7. The van der Waals surface area contributed by atoms with E-state index >= 15 is 0 Å². The fraction of sp³-hybridized carbons (Fsp3) is 0.424. The number of hydrogen-bond acceptors (Lipinski definition) is 3. The summed E-state index contributed by atoms with van der Waals surface area (Å²) in [6.45, 7) is 3.65. The lowest BCUT2D eigenvalue weighted by atomic mass is 9.69. The fourth-order valence-electron chi connectivity index (χ4n) is 5.94. The molecule has 0 amide bonds. The minimum atomic E-state index is 0.305. The lowest BCUT2D eigenvalue weighted by Gasteiger charge is -2.35. The van der Waals surface area contributed by atoms with Gasteiger partial charge in [-0.05, 0) is 90.5 Å². The van der Waals surface area contributed by atoms with Crippen molar-refractivity contribution in [3.8, 4) is 11.5 Å². The molecule has 0 radical (unpaired) electrons. The molecule has 5 rings (SSSR count). The summed E-state index contributed by atoms with van der Waals surface area (Å²) in [6.07, 6.45) is 7.89. The number of ketones is 1. The van der Waals surface area contributed by atoms with E-state index in [-0.39, 0.29) is 0 Å². The third-order valence-corrected chi connectivity index (χ3v) is 7.95. The molecule has 1 saturated carbocycles. The van der Waals surface area contributed by atoms with E-state index in [4.69, 9.17) is 9.47 Å². The van der Waals surface area contributed by atoms with E-state index < -0.39 is 0 Å². The number of carbonyl (C=O) groups excluding carboxylic acids is 1. The van der Waals surface area contributed by atoms with Crippen molar-refractivity contribution in [1.29, 1.82) is 0 Å². The Morgan fingerprint density at radius 2 is 1.58 bits per heavy atom. The van der Waals surface area contributed by atoms with E-state index in [1.54, 1.807) is 0 Å². The first-order valence-corrected chi connectivity index (χ1v) is 13.8. The first kappa shape index (κ1) is 24.6. The van der Waals surface area contributed by atoms with Gasteiger partial charge < -0.3 is 9.47 Å². The summed E-state index contributed by atoms with van der Waals surface area (Å²) in [5.74, 6) is 3.56. The number of aryl methyl sites for hydroxylation is 1. The Kier molecular flexibility index (Phi) is 8.05. The average molecular weight is 483 g/mol. The van der Waals surface area contributed by atoms with Crippen LogP contribution in [0, 0.1) is 5.92 Å². The highest BCUT2D eigenvalue weighted by Crippen LogP contribution is 2.47. The normalized spacial score (nSPS) is 21.2. The molecule has 0 spiro atoms. The van der Waals surface area contributed by atoms with Gasteiger partial charge in [0.25, 0.3) is 0 Å². The molecule has 3 aromatic carbocycles. The van der Waals surface area contributed by atoms with E-state index in [0.717, 1.165) is 69.5 Å². The number of ether oxygens (including phenoxy) is 2.